The Bertz CT molecular complexity index is 544. The van der Waals surface area contributed by atoms with Gasteiger partial charge < -0.3 is 9.84 Å². The van der Waals surface area contributed by atoms with Crippen LogP contribution in [0, 0.1) is 0 Å². The van der Waals surface area contributed by atoms with Crippen molar-refractivity contribution in [2.75, 3.05) is 0 Å². The first kappa shape index (κ1) is 12.2. The Morgan fingerprint density at radius 2 is 1.94 bits per heavy atom. The summed E-state index contributed by atoms with van der Waals surface area (Å²) in [6, 6.07) is 8.78. The van der Waals surface area contributed by atoms with Gasteiger partial charge in [-0.05, 0) is 44.2 Å². The summed E-state index contributed by atoms with van der Waals surface area (Å²) in [4.78, 5) is 10.7. The Morgan fingerprint density at radius 1 is 1.28 bits per heavy atom. The molecule has 0 saturated heterocycles. The van der Waals surface area contributed by atoms with Gasteiger partial charge in [0.25, 0.3) is 0 Å². The van der Waals surface area contributed by atoms with E-state index in [-0.39, 0.29) is 11.8 Å². The summed E-state index contributed by atoms with van der Waals surface area (Å²) in [7, 11) is 0. The number of ether oxygens (including phenoxy) is 1. The number of rotatable bonds is 4. The number of aromatic carboxylic acids is 1. The van der Waals surface area contributed by atoms with Crippen LogP contribution in [0.15, 0.2) is 36.5 Å². The van der Waals surface area contributed by atoms with Crippen LogP contribution in [-0.2, 0) is 0 Å². The molecule has 2 rings (SSSR count). The molecule has 0 saturated carbocycles. The molecule has 94 valence electrons. The lowest BCUT2D eigenvalue weighted by Gasteiger charge is -2.10. The van der Waals surface area contributed by atoms with E-state index in [0.717, 1.165) is 11.4 Å². The molecule has 1 N–H and O–H groups in total. The Labute approximate surface area is 105 Å². The van der Waals surface area contributed by atoms with Gasteiger partial charge in [0, 0.05) is 6.20 Å². The highest BCUT2D eigenvalue weighted by Gasteiger charge is 2.07. The van der Waals surface area contributed by atoms with Crippen molar-refractivity contribution < 1.29 is 14.6 Å². The average molecular weight is 246 g/mol. The minimum absolute atomic E-state index is 0.0255. The Morgan fingerprint density at radius 3 is 2.44 bits per heavy atom. The quantitative estimate of drug-likeness (QED) is 0.899. The molecule has 0 spiro atoms. The van der Waals surface area contributed by atoms with E-state index in [4.69, 9.17) is 9.84 Å². The van der Waals surface area contributed by atoms with Crippen LogP contribution in [0.5, 0.6) is 5.75 Å². The molecule has 0 aliphatic rings. The second-order valence-electron chi connectivity index (χ2n) is 4.11. The van der Waals surface area contributed by atoms with E-state index in [1.165, 1.54) is 10.7 Å². The molecule has 0 atom stereocenters. The zero-order valence-corrected chi connectivity index (χ0v) is 10.2. The van der Waals surface area contributed by atoms with Gasteiger partial charge in [-0.2, -0.15) is 5.10 Å². The molecular weight excluding hydrogens is 232 g/mol. The molecule has 2 aromatic rings. The van der Waals surface area contributed by atoms with Gasteiger partial charge in [-0.3, -0.25) is 0 Å². The lowest BCUT2D eigenvalue weighted by molar-refractivity contribution is 0.0690. The lowest BCUT2D eigenvalue weighted by atomic mass is 10.3. The van der Waals surface area contributed by atoms with Crippen LogP contribution in [0.3, 0.4) is 0 Å². The van der Waals surface area contributed by atoms with Crippen LogP contribution in [0.25, 0.3) is 5.69 Å². The maximum absolute atomic E-state index is 10.7. The molecule has 0 aliphatic heterocycles. The van der Waals surface area contributed by atoms with Crippen molar-refractivity contribution in [2.24, 2.45) is 0 Å². The zero-order valence-electron chi connectivity index (χ0n) is 10.2. The number of carboxylic acids is 1. The van der Waals surface area contributed by atoms with Gasteiger partial charge in [0.15, 0.2) is 5.69 Å². The van der Waals surface area contributed by atoms with Crippen LogP contribution in [0.4, 0.5) is 0 Å². The van der Waals surface area contributed by atoms with Gasteiger partial charge in [0.05, 0.1) is 11.8 Å². The molecule has 0 fully saturated rings. The van der Waals surface area contributed by atoms with Crippen molar-refractivity contribution >= 4 is 5.97 Å². The monoisotopic (exact) mass is 246 g/mol. The highest BCUT2D eigenvalue weighted by Crippen LogP contribution is 2.16. The Balaban J connectivity index is 2.20. The summed E-state index contributed by atoms with van der Waals surface area (Å²) in [5.74, 6) is -0.257. The second kappa shape index (κ2) is 4.91. The van der Waals surface area contributed by atoms with Gasteiger partial charge in [0.1, 0.15) is 5.75 Å². The molecule has 0 radical (unpaired) electrons. The number of carboxylic acid groups (broad SMARTS) is 1. The summed E-state index contributed by atoms with van der Waals surface area (Å²) in [5.41, 5.74) is 0.816. The smallest absolute Gasteiger partial charge is 0.356 e. The van der Waals surface area contributed by atoms with Crippen molar-refractivity contribution in [3.63, 3.8) is 0 Å². The van der Waals surface area contributed by atoms with Gasteiger partial charge in [-0.25, -0.2) is 9.48 Å². The van der Waals surface area contributed by atoms with Crippen LogP contribution in [-0.4, -0.2) is 27.0 Å². The summed E-state index contributed by atoms with van der Waals surface area (Å²) in [6.07, 6.45) is 1.74. The minimum atomic E-state index is -1.03. The normalized spacial score (nSPS) is 10.6. The average Bonchev–Trinajstić information content (AvgIpc) is 2.78. The molecule has 0 bridgehead atoms. The standard InChI is InChI=1S/C13H14N2O3/c1-9(2)18-11-5-3-10(4-6-11)15-8-7-12(14-15)13(16)17/h3-9H,1-2H3,(H,16,17). The van der Waals surface area contributed by atoms with Crippen LogP contribution in [0.2, 0.25) is 0 Å². The maximum atomic E-state index is 10.7. The highest BCUT2D eigenvalue weighted by molar-refractivity contribution is 5.85. The molecular formula is C13H14N2O3. The first-order valence-electron chi connectivity index (χ1n) is 5.62. The van der Waals surface area contributed by atoms with Gasteiger partial charge in [-0.1, -0.05) is 0 Å². The van der Waals surface area contributed by atoms with Crippen LogP contribution >= 0.6 is 0 Å². The third-order valence-electron chi connectivity index (χ3n) is 2.28. The fourth-order valence-corrected chi connectivity index (χ4v) is 1.53. The van der Waals surface area contributed by atoms with Crippen molar-refractivity contribution in [1.29, 1.82) is 0 Å². The molecule has 18 heavy (non-hydrogen) atoms. The molecule has 1 aromatic heterocycles. The van der Waals surface area contributed by atoms with Crippen LogP contribution in [0.1, 0.15) is 24.3 Å². The zero-order chi connectivity index (χ0) is 13.1. The lowest BCUT2D eigenvalue weighted by Crippen LogP contribution is -2.05. The van der Waals surface area contributed by atoms with Gasteiger partial charge in [0.2, 0.25) is 0 Å². The third-order valence-corrected chi connectivity index (χ3v) is 2.28. The largest absolute Gasteiger partial charge is 0.491 e. The third kappa shape index (κ3) is 2.68. The minimum Gasteiger partial charge on any atom is -0.491 e. The second-order valence-corrected chi connectivity index (χ2v) is 4.11. The molecule has 1 aromatic carbocycles. The fraction of sp³-hybridized carbons (Fsp3) is 0.231. The van der Waals surface area contributed by atoms with Crippen molar-refractivity contribution in [3.8, 4) is 11.4 Å². The summed E-state index contributed by atoms with van der Waals surface area (Å²) < 4.78 is 7.04. The highest BCUT2D eigenvalue weighted by atomic mass is 16.5. The van der Waals surface area contributed by atoms with E-state index in [1.807, 2.05) is 38.1 Å². The van der Waals surface area contributed by atoms with Crippen molar-refractivity contribution in [1.82, 2.24) is 9.78 Å². The van der Waals surface area contributed by atoms with Gasteiger partial charge >= 0.3 is 5.97 Å². The number of aromatic nitrogens is 2. The SMILES string of the molecule is CC(C)Oc1ccc(-n2ccc(C(=O)O)n2)cc1. The van der Waals surface area contributed by atoms with Crippen LogP contribution < -0.4 is 4.74 Å². The number of hydrogen-bond acceptors (Lipinski definition) is 3. The number of hydrogen-bond donors (Lipinski definition) is 1. The number of carbonyl (C=O) groups is 1. The number of nitrogens with zero attached hydrogens (tertiary/aromatic N) is 2. The van der Waals surface area contributed by atoms with E-state index in [9.17, 15) is 4.79 Å². The first-order chi connectivity index (χ1) is 8.56. The first-order valence-corrected chi connectivity index (χ1v) is 5.62. The van der Waals surface area contributed by atoms with Crippen molar-refractivity contribution in [2.45, 2.75) is 20.0 Å². The van der Waals surface area contributed by atoms with E-state index in [1.54, 1.807) is 6.20 Å². The Kier molecular flexibility index (Phi) is 3.32. The number of benzene rings is 1. The predicted octanol–water partition coefficient (Wildman–Crippen LogP) is 2.36. The fourth-order valence-electron chi connectivity index (χ4n) is 1.53. The van der Waals surface area contributed by atoms with E-state index >= 15 is 0 Å². The molecule has 0 unspecified atom stereocenters. The topological polar surface area (TPSA) is 64.3 Å². The molecule has 5 nitrogen and oxygen atoms in total. The van der Waals surface area contributed by atoms with E-state index in [0.29, 0.717) is 0 Å². The molecule has 0 aliphatic carbocycles. The summed E-state index contributed by atoms with van der Waals surface area (Å²) in [5, 5.41) is 12.7. The molecule has 5 heteroatoms. The van der Waals surface area contributed by atoms with Crippen molar-refractivity contribution in [3.05, 3.63) is 42.2 Å². The van der Waals surface area contributed by atoms with Gasteiger partial charge in [-0.15, -0.1) is 0 Å². The summed E-state index contributed by atoms with van der Waals surface area (Å²) in [6.45, 7) is 3.92. The Hall–Kier alpha value is -2.30. The predicted molar refractivity (Wildman–Crippen MR) is 66.3 cm³/mol. The van der Waals surface area contributed by atoms with E-state index < -0.39 is 5.97 Å². The molecule has 1 heterocycles. The maximum Gasteiger partial charge on any atom is 0.356 e. The summed E-state index contributed by atoms with van der Waals surface area (Å²) >= 11 is 0. The van der Waals surface area contributed by atoms with E-state index in [2.05, 4.69) is 5.10 Å². The molecule has 0 amide bonds.